The largest absolute Gasteiger partial charge is 0.478 e. The molecule has 1 unspecified atom stereocenters. The summed E-state index contributed by atoms with van der Waals surface area (Å²) in [6.07, 6.45) is -1.25. The summed E-state index contributed by atoms with van der Waals surface area (Å²) < 4.78 is 5.54. The molecule has 7 heteroatoms. The highest BCUT2D eigenvalue weighted by Gasteiger charge is 2.25. The zero-order valence-corrected chi connectivity index (χ0v) is 12.2. The van der Waals surface area contributed by atoms with Crippen LogP contribution in [0.1, 0.15) is 11.7 Å². The second kappa shape index (κ2) is 6.36. The molecule has 2 rings (SSSR count). The van der Waals surface area contributed by atoms with Crippen LogP contribution in [0.5, 0.6) is 5.75 Å². The highest BCUT2D eigenvalue weighted by atomic mass is 79.9. The van der Waals surface area contributed by atoms with E-state index in [1.165, 1.54) is 18.2 Å². The Bertz CT molecular complexity index is 674. The predicted molar refractivity (Wildman–Crippen MR) is 78.2 cm³/mol. The Kier molecular flexibility index (Phi) is 4.54. The molecule has 0 bridgehead atoms. The molecule has 1 N–H and O–H groups in total. The summed E-state index contributed by atoms with van der Waals surface area (Å²) in [5.41, 5.74) is 0.258. The van der Waals surface area contributed by atoms with Crippen LogP contribution in [0.25, 0.3) is 0 Å². The number of aliphatic carboxylic acids is 1. The number of rotatable bonds is 5. The minimum atomic E-state index is -1.25. The summed E-state index contributed by atoms with van der Waals surface area (Å²) >= 11 is 3.07. The molecular formula is C14H10BrNO5. The molecular weight excluding hydrogens is 342 g/mol. The van der Waals surface area contributed by atoms with Crippen LogP contribution >= 0.6 is 15.9 Å². The van der Waals surface area contributed by atoms with Crippen LogP contribution in [0.2, 0.25) is 0 Å². The fourth-order valence-corrected chi connectivity index (χ4v) is 2.25. The quantitative estimate of drug-likeness (QED) is 0.656. The summed E-state index contributed by atoms with van der Waals surface area (Å²) in [7, 11) is 0. The van der Waals surface area contributed by atoms with Crippen molar-refractivity contribution < 1.29 is 19.6 Å². The fraction of sp³-hybridized carbons (Fsp3) is 0.0714. The van der Waals surface area contributed by atoms with E-state index >= 15 is 0 Å². The lowest BCUT2D eigenvalue weighted by molar-refractivity contribution is -0.385. The normalized spacial score (nSPS) is 11.7. The fourth-order valence-electron chi connectivity index (χ4n) is 1.75. The van der Waals surface area contributed by atoms with Gasteiger partial charge in [-0.05, 0) is 22.0 Å². The van der Waals surface area contributed by atoms with Gasteiger partial charge in [-0.1, -0.05) is 36.4 Å². The topological polar surface area (TPSA) is 89.7 Å². The molecule has 0 amide bonds. The number of hydrogen-bond acceptors (Lipinski definition) is 4. The summed E-state index contributed by atoms with van der Waals surface area (Å²) in [5, 5.41) is 20.2. The van der Waals surface area contributed by atoms with Gasteiger partial charge in [0.25, 0.3) is 5.69 Å². The number of nitro benzene ring substituents is 1. The molecule has 2 aromatic carbocycles. The molecule has 0 aliphatic rings. The number of nitro groups is 1. The van der Waals surface area contributed by atoms with Crippen LogP contribution in [-0.4, -0.2) is 16.0 Å². The van der Waals surface area contributed by atoms with Crippen molar-refractivity contribution in [3.63, 3.8) is 0 Å². The van der Waals surface area contributed by atoms with Crippen molar-refractivity contribution in [1.82, 2.24) is 0 Å². The molecule has 21 heavy (non-hydrogen) atoms. The summed E-state index contributed by atoms with van der Waals surface area (Å²) in [5.74, 6) is -1.08. The van der Waals surface area contributed by atoms with E-state index in [0.29, 0.717) is 5.56 Å². The van der Waals surface area contributed by atoms with Gasteiger partial charge in [-0.3, -0.25) is 10.1 Å². The van der Waals surface area contributed by atoms with E-state index in [2.05, 4.69) is 15.9 Å². The van der Waals surface area contributed by atoms with Crippen LogP contribution in [-0.2, 0) is 4.79 Å². The smallest absolute Gasteiger partial charge is 0.349 e. The van der Waals surface area contributed by atoms with Gasteiger partial charge in [0.15, 0.2) is 0 Å². The average molecular weight is 352 g/mol. The van der Waals surface area contributed by atoms with Gasteiger partial charge < -0.3 is 9.84 Å². The number of halogens is 1. The molecule has 0 aromatic heterocycles. The van der Waals surface area contributed by atoms with Crippen LogP contribution in [0, 0.1) is 10.1 Å². The number of nitrogens with zero attached hydrogens (tertiary/aromatic N) is 1. The molecule has 0 spiro atoms. The third kappa shape index (κ3) is 3.38. The summed E-state index contributed by atoms with van der Waals surface area (Å²) in [6.45, 7) is 0. The first-order valence-electron chi connectivity index (χ1n) is 5.88. The molecule has 0 radical (unpaired) electrons. The van der Waals surface area contributed by atoms with Gasteiger partial charge >= 0.3 is 5.97 Å². The third-order valence-electron chi connectivity index (χ3n) is 2.71. The maximum absolute atomic E-state index is 11.4. The number of carboxylic acids is 1. The van der Waals surface area contributed by atoms with Gasteiger partial charge in [0.1, 0.15) is 10.2 Å². The minimum Gasteiger partial charge on any atom is -0.478 e. The van der Waals surface area contributed by atoms with E-state index in [-0.39, 0.29) is 15.9 Å². The van der Waals surface area contributed by atoms with E-state index in [9.17, 15) is 20.0 Å². The van der Waals surface area contributed by atoms with Crippen LogP contribution in [0.3, 0.4) is 0 Å². The first kappa shape index (κ1) is 15.0. The minimum absolute atomic E-state index is 0.0976. The second-order valence-electron chi connectivity index (χ2n) is 4.09. The predicted octanol–water partition coefficient (Wildman–Crippen LogP) is 3.56. The molecule has 0 saturated heterocycles. The highest BCUT2D eigenvalue weighted by Crippen LogP contribution is 2.36. The number of hydrogen-bond donors (Lipinski definition) is 1. The highest BCUT2D eigenvalue weighted by molar-refractivity contribution is 9.10. The summed E-state index contributed by atoms with van der Waals surface area (Å²) in [4.78, 5) is 21.7. The summed E-state index contributed by atoms with van der Waals surface area (Å²) in [6, 6.07) is 12.6. The first-order chi connectivity index (χ1) is 10.0. The molecule has 0 fully saturated rings. The van der Waals surface area contributed by atoms with Gasteiger partial charge in [-0.15, -0.1) is 0 Å². The van der Waals surface area contributed by atoms with Crippen LogP contribution in [0.15, 0.2) is 53.0 Å². The van der Waals surface area contributed by atoms with E-state index in [1.807, 2.05) is 0 Å². The molecule has 108 valence electrons. The SMILES string of the molecule is O=C(O)C(Oc1cccc([N+](=O)[O-])c1Br)c1ccccc1. The lowest BCUT2D eigenvalue weighted by Gasteiger charge is -2.16. The number of carbonyl (C=O) groups is 1. The zero-order valence-electron chi connectivity index (χ0n) is 10.6. The van der Waals surface area contributed by atoms with Crippen LogP contribution in [0.4, 0.5) is 5.69 Å². The molecule has 0 heterocycles. The van der Waals surface area contributed by atoms with E-state index in [4.69, 9.17) is 4.74 Å². The van der Waals surface area contributed by atoms with Gasteiger partial charge in [-0.25, -0.2) is 4.79 Å². The van der Waals surface area contributed by atoms with Crippen molar-refractivity contribution in [2.75, 3.05) is 0 Å². The Morgan fingerprint density at radius 1 is 1.19 bits per heavy atom. The first-order valence-corrected chi connectivity index (χ1v) is 6.67. The zero-order chi connectivity index (χ0) is 15.4. The lowest BCUT2D eigenvalue weighted by atomic mass is 10.1. The molecule has 1 atom stereocenters. The van der Waals surface area contributed by atoms with Crippen molar-refractivity contribution in [2.24, 2.45) is 0 Å². The maximum atomic E-state index is 11.4. The monoisotopic (exact) mass is 351 g/mol. The molecule has 6 nitrogen and oxygen atoms in total. The Morgan fingerprint density at radius 3 is 2.43 bits per heavy atom. The van der Waals surface area contributed by atoms with E-state index in [0.717, 1.165) is 0 Å². The average Bonchev–Trinajstić information content (AvgIpc) is 2.46. The number of carboxylic acid groups (broad SMARTS) is 1. The van der Waals surface area contributed by atoms with Crippen LogP contribution < -0.4 is 4.74 Å². The van der Waals surface area contributed by atoms with Gasteiger partial charge in [0.05, 0.1) is 4.92 Å². The Morgan fingerprint density at radius 2 is 1.86 bits per heavy atom. The number of benzene rings is 2. The Labute approximate surface area is 128 Å². The van der Waals surface area contributed by atoms with E-state index < -0.39 is 17.0 Å². The van der Waals surface area contributed by atoms with Gasteiger partial charge in [0, 0.05) is 11.6 Å². The van der Waals surface area contributed by atoms with Gasteiger partial charge in [-0.2, -0.15) is 0 Å². The standard InChI is InChI=1S/C14H10BrNO5/c15-12-10(16(19)20)7-4-8-11(12)21-13(14(17)18)9-5-2-1-3-6-9/h1-8,13H,(H,17,18). The molecule has 0 aliphatic heterocycles. The third-order valence-corrected chi connectivity index (χ3v) is 3.51. The van der Waals surface area contributed by atoms with Crippen molar-refractivity contribution in [3.8, 4) is 5.75 Å². The van der Waals surface area contributed by atoms with Crippen molar-refractivity contribution in [1.29, 1.82) is 0 Å². The second-order valence-corrected chi connectivity index (χ2v) is 4.89. The van der Waals surface area contributed by atoms with Crippen molar-refractivity contribution in [2.45, 2.75) is 6.10 Å². The molecule has 0 saturated carbocycles. The van der Waals surface area contributed by atoms with Crippen molar-refractivity contribution >= 4 is 27.6 Å². The Hall–Kier alpha value is -2.41. The lowest BCUT2D eigenvalue weighted by Crippen LogP contribution is -2.18. The maximum Gasteiger partial charge on any atom is 0.349 e. The number of ether oxygens (including phenoxy) is 1. The van der Waals surface area contributed by atoms with Crippen molar-refractivity contribution in [3.05, 3.63) is 68.7 Å². The molecule has 0 aliphatic carbocycles. The van der Waals surface area contributed by atoms with E-state index in [1.54, 1.807) is 30.3 Å². The Balaban J connectivity index is 2.37. The van der Waals surface area contributed by atoms with Gasteiger partial charge in [0.2, 0.25) is 6.10 Å². The molecule has 2 aromatic rings.